The number of benzene rings is 1. The minimum absolute atomic E-state index is 0. The second-order valence-corrected chi connectivity index (χ2v) is 9.72. The monoisotopic (exact) mass is 512 g/mol. The molecule has 1 aliphatic rings. The largest absolute Gasteiger partial charge is 0.489 e. The van der Waals surface area contributed by atoms with Gasteiger partial charge in [-0.15, -0.1) is 0 Å². The van der Waals surface area contributed by atoms with Crippen molar-refractivity contribution in [1.82, 2.24) is 0 Å². The molecule has 204 valence electrons. The number of hydrogen-bond donors (Lipinski definition) is 1. The molecule has 1 aromatic rings. The lowest BCUT2D eigenvalue weighted by Gasteiger charge is -2.36. The van der Waals surface area contributed by atoms with E-state index in [4.69, 9.17) is 19.3 Å². The Balaban J connectivity index is 0.00000648. The number of carbonyl (C=O) groups is 2. The minimum Gasteiger partial charge on any atom is -0.489 e. The standard InChI is InChI=1S/C27H38F2O6.CH4/c1-5-11-27(4,17-33-16-19(3)30)18(2)15-35-22-8-6-20(7-9-22)23-13-21(28)14-24(29)26(23)34-12-10-25(31)32;/h6,13-14,18,22H,5,7-12,15-17H2,1-4H3,(H,31,32);1H4. The topological polar surface area (TPSA) is 82.1 Å². The first-order valence-corrected chi connectivity index (χ1v) is 12.3. The summed E-state index contributed by atoms with van der Waals surface area (Å²) in [7, 11) is 0. The van der Waals surface area contributed by atoms with Gasteiger partial charge in [0.1, 0.15) is 12.4 Å². The molecular weight excluding hydrogens is 470 g/mol. The fourth-order valence-electron chi connectivity index (χ4n) is 4.33. The predicted octanol–water partition coefficient (Wildman–Crippen LogP) is 6.46. The molecule has 0 bridgehead atoms. The molecule has 0 aliphatic heterocycles. The molecule has 0 spiro atoms. The van der Waals surface area contributed by atoms with Gasteiger partial charge in [0.25, 0.3) is 0 Å². The minimum atomic E-state index is -1.05. The van der Waals surface area contributed by atoms with Crippen molar-refractivity contribution in [2.45, 2.75) is 79.8 Å². The van der Waals surface area contributed by atoms with E-state index in [9.17, 15) is 18.4 Å². The van der Waals surface area contributed by atoms with E-state index in [1.54, 1.807) is 0 Å². The average molecular weight is 513 g/mol. The summed E-state index contributed by atoms with van der Waals surface area (Å²) in [5, 5.41) is 8.81. The molecule has 3 atom stereocenters. The molecule has 1 N–H and O–H groups in total. The summed E-state index contributed by atoms with van der Waals surface area (Å²) in [4.78, 5) is 22.0. The van der Waals surface area contributed by atoms with Crippen LogP contribution in [0.3, 0.4) is 0 Å². The van der Waals surface area contributed by atoms with Gasteiger partial charge in [-0.2, -0.15) is 0 Å². The van der Waals surface area contributed by atoms with Gasteiger partial charge in [0.05, 0.1) is 32.3 Å². The van der Waals surface area contributed by atoms with Crippen LogP contribution in [0.2, 0.25) is 0 Å². The third kappa shape index (κ3) is 9.62. The Morgan fingerprint density at radius 2 is 2.00 bits per heavy atom. The molecule has 8 heteroatoms. The highest BCUT2D eigenvalue weighted by Crippen LogP contribution is 2.37. The summed E-state index contributed by atoms with van der Waals surface area (Å²) in [6, 6.07) is 1.97. The molecule has 3 unspecified atom stereocenters. The molecule has 2 rings (SSSR count). The van der Waals surface area contributed by atoms with E-state index < -0.39 is 17.6 Å². The van der Waals surface area contributed by atoms with Gasteiger partial charge in [0, 0.05) is 11.6 Å². The van der Waals surface area contributed by atoms with Crippen molar-refractivity contribution >= 4 is 17.3 Å². The smallest absolute Gasteiger partial charge is 0.306 e. The summed E-state index contributed by atoms with van der Waals surface area (Å²) in [6.45, 7) is 8.89. The van der Waals surface area contributed by atoms with Crippen LogP contribution in [0.15, 0.2) is 18.2 Å². The molecule has 0 fully saturated rings. The Bertz CT molecular complexity index is 900. The highest BCUT2D eigenvalue weighted by Gasteiger charge is 2.32. The van der Waals surface area contributed by atoms with E-state index >= 15 is 0 Å². The van der Waals surface area contributed by atoms with Crippen LogP contribution in [0.5, 0.6) is 5.75 Å². The van der Waals surface area contributed by atoms with Crippen molar-refractivity contribution in [3.8, 4) is 5.75 Å². The van der Waals surface area contributed by atoms with E-state index in [1.807, 2.05) is 6.08 Å². The fraction of sp³-hybridized carbons (Fsp3) is 0.643. The zero-order valence-electron chi connectivity index (χ0n) is 21.2. The number of rotatable bonds is 15. The SMILES string of the molecule is C.CCCC(C)(COCC(C)=O)C(C)COC1CC=C(c2cc(F)cc(F)c2OCCC(=O)O)CC1. The average Bonchev–Trinajstić information content (AvgIpc) is 2.78. The Kier molecular flexibility index (Phi) is 13.3. The van der Waals surface area contributed by atoms with Crippen LogP contribution in [0.25, 0.3) is 5.57 Å². The lowest BCUT2D eigenvalue weighted by Crippen LogP contribution is -2.35. The molecule has 0 heterocycles. The van der Waals surface area contributed by atoms with Crippen LogP contribution in [-0.2, 0) is 19.1 Å². The number of carboxylic acid groups (broad SMARTS) is 1. The molecule has 0 saturated heterocycles. The van der Waals surface area contributed by atoms with Crippen LogP contribution in [0.4, 0.5) is 8.78 Å². The Morgan fingerprint density at radius 3 is 2.58 bits per heavy atom. The van der Waals surface area contributed by atoms with Crippen molar-refractivity contribution in [2.75, 3.05) is 26.4 Å². The molecule has 1 aromatic carbocycles. The zero-order chi connectivity index (χ0) is 26.0. The lowest BCUT2D eigenvalue weighted by molar-refractivity contribution is -0.137. The number of ether oxygens (including phenoxy) is 3. The van der Waals surface area contributed by atoms with E-state index in [2.05, 4.69) is 20.8 Å². The van der Waals surface area contributed by atoms with Crippen LogP contribution in [0, 0.1) is 23.0 Å². The number of hydrogen-bond acceptors (Lipinski definition) is 5. The lowest BCUT2D eigenvalue weighted by atomic mass is 9.75. The third-order valence-electron chi connectivity index (χ3n) is 6.61. The second kappa shape index (κ2) is 15.1. The van der Waals surface area contributed by atoms with Gasteiger partial charge in [0.15, 0.2) is 17.3 Å². The highest BCUT2D eigenvalue weighted by molar-refractivity contribution is 5.76. The first-order chi connectivity index (χ1) is 16.6. The van der Waals surface area contributed by atoms with Crippen molar-refractivity contribution in [2.24, 2.45) is 11.3 Å². The Hall–Kier alpha value is -2.32. The fourth-order valence-corrected chi connectivity index (χ4v) is 4.33. The first kappa shape index (κ1) is 31.7. The first-order valence-electron chi connectivity index (χ1n) is 12.3. The quantitative estimate of drug-likeness (QED) is 0.291. The van der Waals surface area contributed by atoms with E-state index in [0.717, 1.165) is 24.5 Å². The van der Waals surface area contributed by atoms with Gasteiger partial charge in [0.2, 0.25) is 0 Å². The highest BCUT2D eigenvalue weighted by atomic mass is 19.1. The van der Waals surface area contributed by atoms with Crippen molar-refractivity contribution in [3.63, 3.8) is 0 Å². The van der Waals surface area contributed by atoms with Gasteiger partial charge in [-0.05, 0) is 55.6 Å². The van der Waals surface area contributed by atoms with Gasteiger partial charge < -0.3 is 19.3 Å². The van der Waals surface area contributed by atoms with Crippen LogP contribution in [-0.4, -0.2) is 49.4 Å². The molecule has 36 heavy (non-hydrogen) atoms. The molecule has 0 radical (unpaired) electrons. The third-order valence-corrected chi connectivity index (χ3v) is 6.61. The number of aliphatic carboxylic acids is 1. The number of ketones is 1. The predicted molar refractivity (Wildman–Crippen MR) is 136 cm³/mol. The van der Waals surface area contributed by atoms with Gasteiger partial charge in [-0.25, -0.2) is 8.78 Å². The molecular formula is C28H42F2O6. The van der Waals surface area contributed by atoms with Crippen molar-refractivity contribution < 1.29 is 37.7 Å². The maximum absolute atomic E-state index is 14.4. The van der Waals surface area contributed by atoms with Crippen LogP contribution >= 0.6 is 0 Å². The van der Waals surface area contributed by atoms with Gasteiger partial charge in [-0.1, -0.05) is 40.7 Å². The van der Waals surface area contributed by atoms with Gasteiger partial charge in [-0.3, -0.25) is 9.59 Å². The number of halogens is 2. The van der Waals surface area contributed by atoms with Crippen LogP contribution in [0.1, 0.15) is 79.2 Å². The summed E-state index contributed by atoms with van der Waals surface area (Å²) < 4.78 is 45.5. The maximum Gasteiger partial charge on any atom is 0.306 e. The van der Waals surface area contributed by atoms with Crippen molar-refractivity contribution in [1.29, 1.82) is 0 Å². The van der Waals surface area contributed by atoms with Crippen molar-refractivity contribution in [3.05, 3.63) is 35.4 Å². The Labute approximate surface area is 214 Å². The van der Waals surface area contributed by atoms with E-state index in [1.165, 1.54) is 13.0 Å². The molecule has 6 nitrogen and oxygen atoms in total. The summed E-state index contributed by atoms with van der Waals surface area (Å²) in [6.07, 6.45) is 5.43. The van der Waals surface area contributed by atoms with Crippen LogP contribution < -0.4 is 4.74 Å². The Morgan fingerprint density at radius 1 is 1.28 bits per heavy atom. The summed E-state index contributed by atoms with van der Waals surface area (Å²) in [5.41, 5.74) is 0.967. The number of carboxylic acids is 1. The normalized spacial score (nSPS) is 17.9. The molecule has 0 aromatic heterocycles. The van der Waals surface area contributed by atoms with Gasteiger partial charge >= 0.3 is 5.97 Å². The maximum atomic E-state index is 14.4. The molecule has 0 amide bonds. The molecule has 1 aliphatic carbocycles. The summed E-state index contributed by atoms with van der Waals surface area (Å²) in [5.74, 6) is -2.51. The number of allylic oxidation sites excluding steroid dienone is 1. The zero-order valence-corrected chi connectivity index (χ0v) is 21.2. The second-order valence-electron chi connectivity index (χ2n) is 9.72. The van der Waals surface area contributed by atoms with E-state index in [0.29, 0.717) is 38.0 Å². The van der Waals surface area contributed by atoms with E-state index in [-0.39, 0.29) is 56.0 Å². The molecule has 0 saturated carbocycles. The number of Topliss-reactive ketones (excluding diaryl/α,β-unsaturated/α-hetero) is 1. The summed E-state index contributed by atoms with van der Waals surface area (Å²) >= 11 is 0. The number of carbonyl (C=O) groups excluding carboxylic acids is 1.